The van der Waals surface area contributed by atoms with Crippen LogP contribution in [0.2, 0.25) is 5.02 Å². The van der Waals surface area contributed by atoms with Crippen molar-refractivity contribution in [2.75, 3.05) is 6.54 Å². The summed E-state index contributed by atoms with van der Waals surface area (Å²) in [6, 6.07) is 4.74. The molecule has 0 radical (unpaired) electrons. The first-order valence-corrected chi connectivity index (χ1v) is 7.60. The predicted octanol–water partition coefficient (Wildman–Crippen LogP) is 3.66. The Kier molecular flexibility index (Phi) is 4.51. The van der Waals surface area contributed by atoms with Gasteiger partial charge in [-0.25, -0.2) is 4.39 Å². The maximum absolute atomic E-state index is 13.8. The molecule has 1 fully saturated rings. The molecule has 112 valence electrons. The monoisotopic (exact) mass is 309 g/mol. The minimum Gasteiger partial charge on any atom is -0.339 e. The molecule has 0 saturated carbocycles. The summed E-state index contributed by atoms with van der Waals surface area (Å²) in [6.45, 7) is 0.966. The Morgan fingerprint density at radius 3 is 3.10 bits per heavy atom. The highest BCUT2D eigenvalue weighted by molar-refractivity contribution is 6.31. The maximum atomic E-state index is 13.8. The molecule has 1 N–H and O–H groups in total. The van der Waals surface area contributed by atoms with Crippen LogP contribution in [0.3, 0.4) is 0 Å². The Hall–Kier alpha value is -1.46. The summed E-state index contributed by atoms with van der Waals surface area (Å²) in [5.74, 6) is 0.692. The number of halogens is 2. The highest BCUT2D eigenvalue weighted by Crippen LogP contribution is 2.24. The molecule has 3 rings (SSSR count). The summed E-state index contributed by atoms with van der Waals surface area (Å²) in [4.78, 5) is 4.39. The fourth-order valence-electron chi connectivity index (χ4n) is 2.58. The predicted molar refractivity (Wildman–Crippen MR) is 77.7 cm³/mol. The second-order valence-corrected chi connectivity index (χ2v) is 5.69. The molecule has 2 aromatic rings. The molecule has 0 spiro atoms. The number of nitrogens with zero attached hydrogens (tertiary/aromatic N) is 2. The van der Waals surface area contributed by atoms with Crippen LogP contribution in [0.4, 0.5) is 4.39 Å². The van der Waals surface area contributed by atoms with Crippen LogP contribution >= 0.6 is 11.6 Å². The van der Waals surface area contributed by atoms with Gasteiger partial charge >= 0.3 is 0 Å². The Labute approximate surface area is 127 Å². The van der Waals surface area contributed by atoms with E-state index in [4.69, 9.17) is 16.1 Å². The normalized spacial score (nSPS) is 19.4. The van der Waals surface area contributed by atoms with Crippen LogP contribution in [0.1, 0.15) is 49.0 Å². The van der Waals surface area contributed by atoms with Gasteiger partial charge in [0, 0.05) is 10.6 Å². The Morgan fingerprint density at radius 1 is 1.33 bits per heavy atom. The van der Waals surface area contributed by atoms with E-state index in [1.54, 1.807) is 12.1 Å². The van der Waals surface area contributed by atoms with Crippen molar-refractivity contribution in [3.63, 3.8) is 0 Å². The standard InChI is InChI=1S/C15H17ClFN3O/c16-11-5-4-6-12(17)10(11)9-14-19-15(20-21-14)13-7-2-1-3-8-18-13/h4-6,13,18H,1-3,7-9H2. The molecule has 1 aliphatic heterocycles. The Morgan fingerprint density at radius 2 is 2.24 bits per heavy atom. The van der Waals surface area contributed by atoms with Crippen molar-refractivity contribution in [3.8, 4) is 0 Å². The molecule has 1 aromatic heterocycles. The molecule has 0 bridgehead atoms. The summed E-state index contributed by atoms with van der Waals surface area (Å²) >= 11 is 6.01. The van der Waals surface area contributed by atoms with Gasteiger partial charge in [0.25, 0.3) is 0 Å². The third-order valence-corrected chi connectivity index (χ3v) is 4.10. The number of rotatable bonds is 3. The molecule has 0 amide bonds. The molecule has 1 unspecified atom stereocenters. The van der Waals surface area contributed by atoms with E-state index in [2.05, 4.69) is 15.5 Å². The number of hydrogen-bond donors (Lipinski definition) is 1. The fourth-order valence-corrected chi connectivity index (χ4v) is 2.81. The Balaban J connectivity index is 1.75. The molecule has 1 saturated heterocycles. The summed E-state index contributed by atoms with van der Waals surface area (Å²) in [5, 5.41) is 7.81. The molecule has 1 atom stereocenters. The third kappa shape index (κ3) is 3.41. The lowest BCUT2D eigenvalue weighted by atomic mass is 10.1. The molecular weight excluding hydrogens is 293 g/mol. The van der Waals surface area contributed by atoms with Gasteiger partial charge in [0.2, 0.25) is 5.89 Å². The lowest BCUT2D eigenvalue weighted by molar-refractivity contribution is 0.368. The summed E-state index contributed by atoms with van der Waals surface area (Å²) in [6.07, 6.45) is 4.76. The molecule has 1 aromatic carbocycles. The van der Waals surface area contributed by atoms with Gasteiger partial charge in [-0.05, 0) is 31.5 Å². The van der Waals surface area contributed by atoms with Gasteiger partial charge in [0.05, 0.1) is 12.5 Å². The number of benzene rings is 1. The zero-order valence-electron chi connectivity index (χ0n) is 11.6. The molecule has 0 aliphatic carbocycles. The average Bonchev–Trinajstić information content (AvgIpc) is 2.76. The van der Waals surface area contributed by atoms with Gasteiger partial charge in [0.15, 0.2) is 5.82 Å². The fraction of sp³-hybridized carbons (Fsp3) is 0.467. The molecule has 2 heterocycles. The van der Waals surface area contributed by atoms with Gasteiger partial charge in [-0.3, -0.25) is 0 Å². The van der Waals surface area contributed by atoms with Crippen LogP contribution in [0.15, 0.2) is 22.7 Å². The molecule has 4 nitrogen and oxygen atoms in total. The first kappa shape index (κ1) is 14.5. The van der Waals surface area contributed by atoms with E-state index in [1.807, 2.05) is 0 Å². The van der Waals surface area contributed by atoms with Gasteiger partial charge in [-0.15, -0.1) is 0 Å². The van der Waals surface area contributed by atoms with Crippen molar-refractivity contribution < 1.29 is 8.91 Å². The zero-order chi connectivity index (χ0) is 14.7. The van der Waals surface area contributed by atoms with E-state index < -0.39 is 0 Å². The van der Waals surface area contributed by atoms with Crippen LogP contribution in [0.5, 0.6) is 0 Å². The van der Waals surface area contributed by atoms with Crippen molar-refractivity contribution >= 4 is 11.6 Å². The van der Waals surface area contributed by atoms with Crippen LogP contribution in [-0.4, -0.2) is 16.7 Å². The third-order valence-electron chi connectivity index (χ3n) is 3.75. The molecule has 1 aliphatic rings. The highest BCUT2D eigenvalue weighted by atomic mass is 35.5. The summed E-state index contributed by atoms with van der Waals surface area (Å²) in [5.41, 5.74) is 0.392. The van der Waals surface area contributed by atoms with Crippen molar-refractivity contribution in [1.82, 2.24) is 15.5 Å². The molecule has 21 heavy (non-hydrogen) atoms. The molecular formula is C15H17ClFN3O. The summed E-state index contributed by atoms with van der Waals surface area (Å²) < 4.78 is 19.0. The number of aromatic nitrogens is 2. The van der Waals surface area contributed by atoms with E-state index >= 15 is 0 Å². The Bertz CT molecular complexity index is 588. The lowest BCUT2D eigenvalue weighted by Crippen LogP contribution is -2.21. The van der Waals surface area contributed by atoms with Gasteiger partial charge in [0.1, 0.15) is 5.82 Å². The van der Waals surface area contributed by atoms with Crippen molar-refractivity contribution in [1.29, 1.82) is 0 Å². The minimum atomic E-state index is -0.352. The first-order valence-electron chi connectivity index (χ1n) is 7.23. The van der Waals surface area contributed by atoms with E-state index in [9.17, 15) is 4.39 Å². The van der Waals surface area contributed by atoms with Gasteiger partial charge in [-0.2, -0.15) is 4.98 Å². The van der Waals surface area contributed by atoms with E-state index in [0.717, 1.165) is 19.4 Å². The highest BCUT2D eigenvalue weighted by Gasteiger charge is 2.20. The second kappa shape index (κ2) is 6.54. The van der Waals surface area contributed by atoms with Crippen molar-refractivity contribution in [2.45, 2.75) is 38.1 Å². The van der Waals surface area contributed by atoms with Gasteiger partial charge < -0.3 is 9.84 Å². The zero-order valence-corrected chi connectivity index (χ0v) is 12.4. The lowest BCUT2D eigenvalue weighted by Gasteiger charge is -2.09. The second-order valence-electron chi connectivity index (χ2n) is 5.28. The van der Waals surface area contributed by atoms with Crippen LogP contribution in [-0.2, 0) is 6.42 Å². The van der Waals surface area contributed by atoms with Crippen molar-refractivity contribution in [2.24, 2.45) is 0 Å². The minimum absolute atomic E-state index is 0.126. The SMILES string of the molecule is Fc1cccc(Cl)c1Cc1nc(C2CCCCCN2)no1. The first-order chi connectivity index (χ1) is 10.2. The van der Waals surface area contributed by atoms with Crippen molar-refractivity contribution in [3.05, 3.63) is 46.3 Å². The van der Waals surface area contributed by atoms with Crippen LogP contribution in [0, 0.1) is 5.82 Å². The number of nitrogens with one attached hydrogen (secondary N) is 1. The molecule has 6 heteroatoms. The van der Waals surface area contributed by atoms with E-state index in [1.165, 1.54) is 18.9 Å². The average molecular weight is 310 g/mol. The smallest absolute Gasteiger partial charge is 0.231 e. The van der Waals surface area contributed by atoms with E-state index in [-0.39, 0.29) is 18.3 Å². The topological polar surface area (TPSA) is 51.0 Å². The number of hydrogen-bond acceptors (Lipinski definition) is 4. The van der Waals surface area contributed by atoms with Crippen LogP contribution in [0.25, 0.3) is 0 Å². The summed E-state index contributed by atoms with van der Waals surface area (Å²) in [7, 11) is 0. The van der Waals surface area contributed by atoms with E-state index in [0.29, 0.717) is 22.3 Å². The van der Waals surface area contributed by atoms with Crippen LogP contribution < -0.4 is 5.32 Å². The maximum Gasteiger partial charge on any atom is 0.231 e. The largest absolute Gasteiger partial charge is 0.339 e. The van der Waals surface area contributed by atoms with Gasteiger partial charge in [-0.1, -0.05) is 35.7 Å². The quantitative estimate of drug-likeness (QED) is 0.940.